The average molecular weight is 319 g/mol. The molecule has 1 aliphatic carbocycles. The molecule has 8 heteroatoms. The molecule has 0 aliphatic heterocycles. The minimum absolute atomic E-state index is 0.0315. The Morgan fingerprint density at radius 1 is 1.50 bits per heavy atom. The second kappa shape index (κ2) is 5.67. The lowest BCUT2D eigenvalue weighted by molar-refractivity contribution is -0.141. The smallest absolute Gasteiger partial charge is 0.303 e. The van der Waals surface area contributed by atoms with Gasteiger partial charge in [0.25, 0.3) is 0 Å². The molecule has 0 aromatic carbocycles. The van der Waals surface area contributed by atoms with Gasteiger partial charge in [0.15, 0.2) is 0 Å². The molecule has 2 rings (SSSR count). The van der Waals surface area contributed by atoms with Crippen molar-refractivity contribution in [2.75, 3.05) is 6.54 Å². The van der Waals surface area contributed by atoms with E-state index in [0.29, 0.717) is 12.8 Å². The standard InChI is InChI=1S/C12H15ClN2O4S/c13-11-9(3-1-6-14-11)20(18,19)15-8-12(4-2-5-12)7-10(16)17/h1,3,6,15H,2,4-5,7-8H2,(H,16,17). The lowest BCUT2D eigenvalue weighted by Gasteiger charge is -2.40. The summed E-state index contributed by atoms with van der Waals surface area (Å²) in [6, 6.07) is 2.85. The minimum atomic E-state index is -3.77. The normalized spacial score (nSPS) is 17.4. The van der Waals surface area contributed by atoms with Crippen LogP contribution in [0.4, 0.5) is 0 Å². The van der Waals surface area contributed by atoms with Crippen LogP contribution in [0.3, 0.4) is 0 Å². The van der Waals surface area contributed by atoms with Gasteiger partial charge in [-0.05, 0) is 30.4 Å². The molecule has 1 fully saturated rings. The van der Waals surface area contributed by atoms with Gasteiger partial charge < -0.3 is 5.11 Å². The topological polar surface area (TPSA) is 96.4 Å². The van der Waals surface area contributed by atoms with E-state index < -0.39 is 21.4 Å². The number of carboxylic acid groups (broad SMARTS) is 1. The highest BCUT2D eigenvalue weighted by atomic mass is 35.5. The quantitative estimate of drug-likeness (QED) is 0.778. The van der Waals surface area contributed by atoms with Gasteiger partial charge in [-0.3, -0.25) is 4.79 Å². The van der Waals surface area contributed by atoms with Crippen LogP contribution in [0.15, 0.2) is 23.2 Å². The number of hydrogen-bond donors (Lipinski definition) is 2. The van der Waals surface area contributed by atoms with Gasteiger partial charge in [0.2, 0.25) is 10.0 Å². The molecule has 0 unspecified atom stereocenters. The Morgan fingerprint density at radius 2 is 2.20 bits per heavy atom. The molecular weight excluding hydrogens is 304 g/mol. The maximum atomic E-state index is 12.1. The zero-order valence-corrected chi connectivity index (χ0v) is 12.2. The van der Waals surface area contributed by atoms with Crippen LogP contribution >= 0.6 is 11.6 Å². The van der Waals surface area contributed by atoms with E-state index in [1.165, 1.54) is 18.3 Å². The van der Waals surface area contributed by atoms with E-state index in [9.17, 15) is 13.2 Å². The fourth-order valence-corrected chi connectivity index (χ4v) is 3.92. The molecule has 0 bridgehead atoms. The monoisotopic (exact) mass is 318 g/mol. The second-order valence-electron chi connectivity index (χ2n) is 5.04. The first-order chi connectivity index (χ1) is 9.35. The van der Waals surface area contributed by atoms with Crippen molar-refractivity contribution < 1.29 is 18.3 Å². The number of carbonyl (C=O) groups is 1. The fourth-order valence-electron chi connectivity index (χ4n) is 2.31. The molecule has 20 heavy (non-hydrogen) atoms. The summed E-state index contributed by atoms with van der Waals surface area (Å²) in [4.78, 5) is 14.5. The van der Waals surface area contributed by atoms with E-state index in [1.807, 2.05) is 0 Å². The summed E-state index contributed by atoms with van der Waals surface area (Å²) >= 11 is 5.77. The van der Waals surface area contributed by atoms with Crippen molar-refractivity contribution >= 4 is 27.6 Å². The van der Waals surface area contributed by atoms with Gasteiger partial charge in [0.1, 0.15) is 10.0 Å². The van der Waals surface area contributed by atoms with Crippen molar-refractivity contribution in [2.45, 2.75) is 30.6 Å². The molecule has 1 saturated carbocycles. The molecule has 2 N–H and O–H groups in total. The predicted molar refractivity (Wildman–Crippen MR) is 73.0 cm³/mol. The Bertz CT molecular complexity index is 614. The SMILES string of the molecule is O=C(O)CC1(CNS(=O)(=O)c2cccnc2Cl)CCC1. The third kappa shape index (κ3) is 3.28. The summed E-state index contributed by atoms with van der Waals surface area (Å²) in [6.07, 6.45) is 3.71. The predicted octanol–water partition coefficient (Wildman–Crippen LogP) is 1.66. The number of rotatable bonds is 6. The Balaban J connectivity index is 2.10. The zero-order valence-electron chi connectivity index (χ0n) is 10.7. The number of nitrogens with zero attached hydrogens (tertiary/aromatic N) is 1. The number of pyridine rings is 1. The Morgan fingerprint density at radius 3 is 2.70 bits per heavy atom. The lowest BCUT2D eigenvalue weighted by atomic mass is 9.67. The molecule has 6 nitrogen and oxygen atoms in total. The van der Waals surface area contributed by atoms with Gasteiger partial charge in [-0.1, -0.05) is 18.0 Å². The third-order valence-corrected chi connectivity index (χ3v) is 5.44. The molecule has 1 aliphatic rings. The van der Waals surface area contributed by atoms with E-state index in [4.69, 9.17) is 16.7 Å². The van der Waals surface area contributed by atoms with Crippen LogP contribution in [-0.2, 0) is 14.8 Å². The summed E-state index contributed by atoms with van der Waals surface area (Å²) in [5.74, 6) is -0.914. The van der Waals surface area contributed by atoms with E-state index in [2.05, 4.69) is 9.71 Å². The highest BCUT2D eigenvalue weighted by Gasteiger charge is 2.40. The van der Waals surface area contributed by atoms with Crippen molar-refractivity contribution in [3.05, 3.63) is 23.5 Å². The molecule has 0 atom stereocenters. The summed E-state index contributed by atoms with van der Waals surface area (Å²) < 4.78 is 26.7. The minimum Gasteiger partial charge on any atom is -0.481 e. The van der Waals surface area contributed by atoms with Crippen LogP contribution in [0.25, 0.3) is 0 Å². The van der Waals surface area contributed by atoms with Crippen molar-refractivity contribution in [3.8, 4) is 0 Å². The largest absolute Gasteiger partial charge is 0.481 e. The van der Waals surface area contributed by atoms with Crippen LogP contribution in [0.5, 0.6) is 0 Å². The van der Waals surface area contributed by atoms with Crippen molar-refractivity contribution in [1.82, 2.24) is 9.71 Å². The lowest BCUT2D eigenvalue weighted by Crippen LogP contribution is -2.43. The summed E-state index contributed by atoms with van der Waals surface area (Å²) in [5.41, 5.74) is -0.479. The molecule has 1 aromatic heterocycles. The highest BCUT2D eigenvalue weighted by Crippen LogP contribution is 2.43. The van der Waals surface area contributed by atoms with Gasteiger partial charge in [-0.25, -0.2) is 18.1 Å². The van der Waals surface area contributed by atoms with E-state index in [0.717, 1.165) is 6.42 Å². The van der Waals surface area contributed by atoms with Crippen LogP contribution in [0, 0.1) is 5.41 Å². The van der Waals surface area contributed by atoms with Gasteiger partial charge in [-0.2, -0.15) is 0 Å². The van der Waals surface area contributed by atoms with Gasteiger partial charge >= 0.3 is 5.97 Å². The number of carboxylic acids is 1. The summed E-state index contributed by atoms with van der Waals surface area (Å²) in [7, 11) is -3.77. The Labute approximate surface area is 122 Å². The molecule has 110 valence electrons. The maximum absolute atomic E-state index is 12.1. The van der Waals surface area contributed by atoms with Crippen molar-refractivity contribution in [1.29, 1.82) is 0 Å². The highest BCUT2D eigenvalue weighted by molar-refractivity contribution is 7.89. The molecule has 1 heterocycles. The second-order valence-corrected chi connectivity index (χ2v) is 7.13. The molecule has 0 radical (unpaired) electrons. The van der Waals surface area contributed by atoms with Crippen LogP contribution < -0.4 is 4.72 Å². The number of aliphatic carboxylic acids is 1. The molecule has 0 amide bonds. The number of aromatic nitrogens is 1. The van der Waals surface area contributed by atoms with Crippen molar-refractivity contribution in [3.63, 3.8) is 0 Å². The van der Waals surface area contributed by atoms with Crippen LogP contribution in [-0.4, -0.2) is 31.0 Å². The maximum Gasteiger partial charge on any atom is 0.303 e. The Kier molecular flexibility index (Phi) is 4.31. The zero-order chi connectivity index (χ0) is 14.8. The molecule has 0 saturated heterocycles. The van der Waals surface area contributed by atoms with Gasteiger partial charge in [-0.15, -0.1) is 0 Å². The first kappa shape index (κ1) is 15.2. The van der Waals surface area contributed by atoms with Crippen molar-refractivity contribution in [2.24, 2.45) is 5.41 Å². The number of sulfonamides is 1. The summed E-state index contributed by atoms with van der Waals surface area (Å²) in [6.45, 7) is 0.104. The van der Waals surface area contributed by atoms with E-state index >= 15 is 0 Å². The average Bonchev–Trinajstić information content (AvgIpc) is 2.32. The first-order valence-electron chi connectivity index (χ1n) is 6.17. The van der Waals surface area contributed by atoms with E-state index in [1.54, 1.807) is 0 Å². The fraction of sp³-hybridized carbons (Fsp3) is 0.500. The first-order valence-corrected chi connectivity index (χ1v) is 8.03. The summed E-state index contributed by atoms with van der Waals surface area (Å²) in [5, 5.41) is 8.80. The molecule has 0 spiro atoms. The van der Waals surface area contributed by atoms with Gasteiger partial charge in [0.05, 0.1) is 6.42 Å². The number of hydrogen-bond acceptors (Lipinski definition) is 4. The molecular formula is C12H15ClN2O4S. The molecule has 1 aromatic rings. The number of nitrogens with one attached hydrogen (secondary N) is 1. The van der Waals surface area contributed by atoms with Gasteiger partial charge in [0, 0.05) is 12.7 Å². The Hall–Kier alpha value is -1.18. The van der Waals surface area contributed by atoms with E-state index in [-0.39, 0.29) is 23.0 Å². The third-order valence-electron chi connectivity index (χ3n) is 3.59. The number of halogens is 1. The van der Waals surface area contributed by atoms with Crippen LogP contribution in [0.2, 0.25) is 5.15 Å². The van der Waals surface area contributed by atoms with Crippen LogP contribution in [0.1, 0.15) is 25.7 Å².